The molecule has 0 saturated carbocycles. The molecule has 1 saturated heterocycles. The summed E-state index contributed by atoms with van der Waals surface area (Å²) in [6.45, 7) is 0.585. The second kappa shape index (κ2) is 8.77. The first-order chi connectivity index (χ1) is 16.7. The normalized spacial score (nSPS) is 14.2. The van der Waals surface area contributed by atoms with Crippen LogP contribution >= 0.6 is 11.6 Å². The number of rotatable bonds is 5. The molecule has 4 heterocycles. The van der Waals surface area contributed by atoms with E-state index in [4.69, 9.17) is 16.0 Å². The molecule has 0 bridgehead atoms. The van der Waals surface area contributed by atoms with Crippen molar-refractivity contribution in [2.24, 2.45) is 0 Å². The van der Waals surface area contributed by atoms with Crippen LogP contribution in [-0.4, -0.2) is 45.2 Å². The van der Waals surface area contributed by atoms with Gasteiger partial charge in [0.25, 0.3) is 5.91 Å². The number of hydrogen-bond acceptors (Lipinski definition) is 4. The Morgan fingerprint density at radius 1 is 1.14 bits per heavy atom. The van der Waals surface area contributed by atoms with Gasteiger partial charge in [0.05, 0.1) is 30.6 Å². The first-order valence-electron chi connectivity index (χ1n) is 10.6. The van der Waals surface area contributed by atoms with E-state index in [0.29, 0.717) is 18.7 Å². The summed E-state index contributed by atoms with van der Waals surface area (Å²) < 4.78 is 47.3. The van der Waals surface area contributed by atoms with Gasteiger partial charge in [-0.15, -0.1) is 0 Å². The van der Waals surface area contributed by atoms with Crippen LogP contribution in [0.3, 0.4) is 0 Å². The number of imidazole rings is 1. The summed E-state index contributed by atoms with van der Waals surface area (Å²) in [4.78, 5) is 30.7. The molecule has 7 nitrogen and oxygen atoms in total. The molecule has 1 aliphatic heterocycles. The van der Waals surface area contributed by atoms with E-state index in [1.807, 2.05) is 30.3 Å². The monoisotopic (exact) mass is 502 g/mol. The minimum atomic E-state index is -4.73. The number of nitrogens with one attached hydrogen (secondary N) is 1. The van der Waals surface area contributed by atoms with Crippen LogP contribution < -0.4 is 5.32 Å². The molecule has 2 amide bonds. The summed E-state index contributed by atoms with van der Waals surface area (Å²) in [5.41, 5.74) is -0.321. The highest BCUT2D eigenvalue weighted by molar-refractivity contribution is 6.33. The second-order valence-electron chi connectivity index (χ2n) is 8.23. The summed E-state index contributed by atoms with van der Waals surface area (Å²) in [6.07, 6.45) is -0.459. The van der Waals surface area contributed by atoms with Gasteiger partial charge in [0, 0.05) is 30.4 Å². The number of furan rings is 1. The standard InChI is InChI=1S/C24H18ClF3N4O3/c25-21-20(23(34)29-17-11-31(12-17)19(33)8-14-4-2-1-3-5-14)30-22-18(24(26,27)28)9-16(10-32(21)22)15-6-7-35-13-15/h1-7,9-10,13,17H,8,11-12H2,(H,29,34). The Balaban J connectivity index is 1.33. The molecule has 3 aromatic heterocycles. The Bertz CT molecular complexity index is 1400. The number of benzene rings is 1. The van der Waals surface area contributed by atoms with Crippen LogP contribution in [0.25, 0.3) is 16.8 Å². The Kier molecular flexibility index (Phi) is 5.76. The Morgan fingerprint density at radius 2 is 1.89 bits per heavy atom. The summed E-state index contributed by atoms with van der Waals surface area (Å²) in [5, 5.41) is 2.45. The van der Waals surface area contributed by atoms with Crippen LogP contribution in [0.1, 0.15) is 21.6 Å². The molecule has 5 rings (SSSR count). The molecular weight excluding hydrogens is 485 g/mol. The summed E-state index contributed by atoms with van der Waals surface area (Å²) in [7, 11) is 0. The van der Waals surface area contributed by atoms with Crippen molar-refractivity contribution < 1.29 is 27.2 Å². The fourth-order valence-corrected chi connectivity index (χ4v) is 4.22. The first-order valence-corrected chi connectivity index (χ1v) is 11.0. The molecule has 180 valence electrons. The van der Waals surface area contributed by atoms with E-state index in [2.05, 4.69) is 10.3 Å². The fraction of sp³-hybridized carbons (Fsp3) is 0.208. The maximum absolute atomic E-state index is 13.8. The summed E-state index contributed by atoms with van der Waals surface area (Å²) in [5.74, 6) is -0.786. The third kappa shape index (κ3) is 4.49. The Labute approximate surface area is 202 Å². The van der Waals surface area contributed by atoms with Crippen molar-refractivity contribution in [3.63, 3.8) is 0 Å². The van der Waals surface area contributed by atoms with Gasteiger partial charge in [-0.3, -0.25) is 14.0 Å². The van der Waals surface area contributed by atoms with E-state index < -0.39 is 23.3 Å². The lowest BCUT2D eigenvalue weighted by molar-refractivity contribution is -0.137. The van der Waals surface area contributed by atoms with Gasteiger partial charge in [0.2, 0.25) is 5.91 Å². The van der Waals surface area contributed by atoms with Crippen LogP contribution in [-0.2, 0) is 17.4 Å². The van der Waals surface area contributed by atoms with Crippen molar-refractivity contribution >= 4 is 29.1 Å². The zero-order valence-corrected chi connectivity index (χ0v) is 18.8. The molecule has 11 heteroatoms. The third-order valence-electron chi connectivity index (χ3n) is 5.80. The van der Waals surface area contributed by atoms with Gasteiger partial charge in [-0.25, -0.2) is 4.98 Å². The van der Waals surface area contributed by atoms with Crippen LogP contribution in [0.4, 0.5) is 13.2 Å². The molecule has 0 aliphatic carbocycles. The number of aromatic nitrogens is 2. The number of alkyl halides is 3. The molecule has 1 N–H and O–H groups in total. The van der Waals surface area contributed by atoms with Crippen LogP contribution in [0.5, 0.6) is 0 Å². The average Bonchev–Trinajstić information content (AvgIpc) is 3.44. The number of nitrogens with zero attached hydrogens (tertiary/aromatic N) is 3. The third-order valence-corrected chi connectivity index (χ3v) is 6.17. The molecule has 1 fully saturated rings. The van der Waals surface area contributed by atoms with E-state index in [0.717, 1.165) is 16.0 Å². The highest BCUT2D eigenvalue weighted by Crippen LogP contribution is 2.37. The molecule has 0 atom stereocenters. The maximum atomic E-state index is 13.8. The molecule has 0 unspecified atom stereocenters. The average molecular weight is 503 g/mol. The topological polar surface area (TPSA) is 79.8 Å². The lowest BCUT2D eigenvalue weighted by Gasteiger charge is -2.39. The lowest BCUT2D eigenvalue weighted by atomic mass is 10.1. The number of amides is 2. The number of halogens is 4. The van der Waals surface area contributed by atoms with Gasteiger partial charge in [0.1, 0.15) is 5.15 Å². The number of hydrogen-bond donors (Lipinski definition) is 1. The molecule has 1 aromatic carbocycles. The molecular formula is C24H18ClF3N4O3. The Hall–Kier alpha value is -3.79. The van der Waals surface area contributed by atoms with Gasteiger partial charge in [0.15, 0.2) is 11.3 Å². The number of pyridine rings is 1. The SMILES string of the molecule is O=C(NC1CN(C(=O)Cc2ccccc2)C1)c1nc2c(C(F)(F)F)cc(-c3ccoc3)cn2c1Cl. The predicted octanol–water partition coefficient (Wildman–Crippen LogP) is 4.45. The Morgan fingerprint density at radius 3 is 2.54 bits per heavy atom. The van der Waals surface area contributed by atoms with E-state index in [-0.39, 0.29) is 34.8 Å². The van der Waals surface area contributed by atoms with Crippen molar-refractivity contribution in [2.75, 3.05) is 13.1 Å². The minimum absolute atomic E-state index is 0.0749. The van der Waals surface area contributed by atoms with Crippen molar-refractivity contribution in [1.82, 2.24) is 19.6 Å². The first kappa shape index (κ1) is 23.0. The van der Waals surface area contributed by atoms with E-state index in [1.165, 1.54) is 24.8 Å². The predicted molar refractivity (Wildman–Crippen MR) is 121 cm³/mol. The quantitative estimate of drug-likeness (QED) is 0.437. The van der Waals surface area contributed by atoms with Crippen molar-refractivity contribution in [1.29, 1.82) is 0 Å². The smallest absolute Gasteiger partial charge is 0.420 e. The fourth-order valence-electron chi connectivity index (χ4n) is 3.97. The van der Waals surface area contributed by atoms with Gasteiger partial charge >= 0.3 is 6.18 Å². The van der Waals surface area contributed by atoms with Crippen molar-refractivity contribution in [3.05, 3.63) is 83.2 Å². The van der Waals surface area contributed by atoms with Gasteiger partial charge in [-0.1, -0.05) is 41.9 Å². The largest absolute Gasteiger partial charge is 0.472 e. The molecule has 35 heavy (non-hydrogen) atoms. The summed E-state index contributed by atoms with van der Waals surface area (Å²) in [6, 6.07) is 11.4. The van der Waals surface area contributed by atoms with E-state index >= 15 is 0 Å². The highest BCUT2D eigenvalue weighted by Gasteiger charge is 2.37. The lowest BCUT2D eigenvalue weighted by Crippen LogP contribution is -2.61. The second-order valence-corrected chi connectivity index (χ2v) is 8.59. The van der Waals surface area contributed by atoms with Gasteiger partial charge in [-0.05, 0) is 17.7 Å². The van der Waals surface area contributed by atoms with Crippen LogP contribution in [0, 0.1) is 0 Å². The zero-order valence-electron chi connectivity index (χ0n) is 18.1. The summed E-state index contributed by atoms with van der Waals surface area (Å²) >= 11 is 6.31. The van der Waals surface area contributed by atoms with E-state index in [1.54, 1.807) is 4.90 Å². The highest BCUT2D eigenvalue weighted by atomic mass is 35.5. The van der Waals surface area contributed by atoms with Gasteiger partial charge in [-0.2, -0.15) is 13.2 Å². The number of carbonyl (C=O) groups is 2. The number of carbonyl (C=O) groups excluding carboxylic acids is 2. The van der Waals surface area contributed by atoms with Crippen molar-refractivity contribution in [3.8, 4) is 11.1 Å². The maximum Gasteiger partial charge on any atom is 0.420 e. The van der Waals surface area contributed by atoms with E-state index in [9.17, 15) is 22.8 Å². The van der Waals surface area contributed by atoms with Gasteiger partial charge < -0.3 is 14.6 Å². The zero-order chi connectivity index (χ0) is 24.7. The number of likely N-dealkylation sites (tertiary alicyclic amines) is 1. The molecule has 1 aliphatic rings. The van der Waals surface area contributed by atoms with Crippen LogP contribution in [0.2, 0.25) is 5.15 Å². The van der Waals surface area contributed by atoms with Crippen LogP contribution in [0.15, 0.2) is 65.6 Å². The number of fused-ring (bicyclic) bond motifs is 1. The minimum Gasteiger partial charge on any atom is -0.472 e. The molecule has 0 spiro atoms. The molecule has 0 radical (unpaired) electrons. The molecule has 4 aromatic rings. The van der Waals surface area contributed by atoms with Crippen molar-refractivity contribution in [2.45, 2.75) is 18.6 Å².